The van der Waals surface area contributed by atoms with Crippen LogP contribution in [-0.4, -0.2) is 10.9 Å². The number of nitrogens with two attached hydrogens (primary N) is 1. The van der Waals surface area contributed by atoms with Crippen molar-refractivity contribution in [2.75, 3.05) is 11.1 Å². The van der Waals surface area contributed by atoms with Gasteiger partial charge >= 0.3 is 0 Å². The van der Waals surface area contributed by atoms with E-state index in [9.17, 15) is 4.79 Å². The summed E-state index contributed by atoms with van der Waals surface area (Å²) in [5.41, 5.74) is 7.42. The zero-order chi connectivity index (χ0) is 12.3. The predicted molar refractivity (Wildman–Crippen MR) is 70.7 cm³/mol. The van der Waals surface area contributed by atoms with E-state index in [1.165, 1.54) is 0 Å². The number of halogens is 1. The lowest BCUT2D eigenvalue weighted by molar-refractivity contribution is 0.102. The Morgan fingerprint density at radius 1 is 1.24 bits per heavy atom. The fourth-order valence-electron chi connectivity index (χ4n) is 1.38. The average molecular weight is 292 g/mol. The molecule has 1 heterocycles. The van der Waals surface area contributed by atoms with Crippen LogP contribution in [-0.2, 0) is 0 Å². The van der Waals surface area contributed by atoms with E-state index in [2.05, 4.69) is 26.2 Å². The molecule has 1 amide bonds. The van der Waals surface area contributed by atoms with E-state index in [1.807, 2.05) is 0 Å². The van der Waals surface area contributed by atoms with Crippen LogP contribution in [0.25, 0.3) is 0 Å². The maximum atomic E-state index is 11.9. The molecular formula is C12H10BrN3O. The summed E-state index contributed by atoms with van der Waals surface area (Å²) >= 11 is 3.30. The van der Waals surface area contributed by atoms with Crippen LogP contribution in [0.1, 0.15) is 10.4 Å². The Balaban J connectivity index is 2.20. The number of pyridine rings is 1. The number of hydrogen-bond acceptors (Lipinski definition) is 3. The summed E-state index contributed by atoms with van der Waals surface area (Å²) < 4.78 is 0.775. The SMILES string of the molecule is Nc1cc(Br)cc(C(=O)Nc2ccncc2)c1. The van der Waals surface area contributed by atoms with Crippen LogP contribution in [0.15, 0.2) is 47.2 Å². The molecule has 4 nitrogen and oxygen atoms in total. The molecule has 0 unspecified atom stereocenters. The number of carbonyl (C=O) groups excluding carboxylic acids is 1. The highest BCUT2D eigenvalue weighted by molar-refractivity contribution is 9.10. The van der Waals surface area contributed by atoms with E-state index in [4.69, 9.17) is 5.73 Å². The van der Waals surface area contributed by atoms with Crippen LogP contribution in [0.5, 0.6) is 0 Å². The lowest BCUT2D eigenvalue weighted by Crippen LogP contribution is -2.12. The highest BCUT2D eigenvalue weighted by Gasteiger charge is 2.07. The van der Waals surface area contributed by atoms with Gasteiger partial charge in [-0.3, -0.25) is 9.78 Å². The van der Waals surface area contributed by atoms with Gasteiger partial charge in [-0.1, -0.05) is 15.9 Å². The summed E-state index contributed by atoms with van der Waals surface area (Å²) in [5, 5.41) is 2.76. The zero-order valence-corrected chi connectivity index (χ0v) is 10.4. The number of amides is 1. The van der Waals surface area contributed by atoms with Gasteiger partial charge in [-0.25, -0.2) is 0 Å². The van der Waals surface area contributed by atoms with Gasteiger partial charge in [0.1, 0.15) is 0 Å². The van der Waals surface area contributed by atoms with Crippen LogP contribution in [0.2, 0.25) is 0 Å². The molecule has 0 radical (unpaired) electrons. The first kappa shape index (κ1) is 11.6. The lowest BCUT2D eigenvalue weighted by Gasteiger charge is -2.06. The van der Waals surface area contributed by atoms with E-state index < -0.39 is 0 Å². The van der Waals surface area contributed by atoms with Gasteiger partial charge < -0.3 is 11.1 Å². The van der Waals surface area contributed by atoms with Crippen molar-refractivity contribution in [1.29, 1.82) is 0 Å². The number of carbonyl (C=O) groups is 1. The van der Waals surface area contributed by atoms with Crippen molar-refractivity contribution >= 4 is 33.2 Å². The van der Waals surface area contributed by atoms with Crippen molar-refractivity contribution in [2.45, 2.75) is 0 Å². The van der Waals surface area contributed by atoms with Gasteiger partial charge in [0, 0.05) is 33.8 Å². The second-order valence-corrected chi connectivity index (χ2v) is 4.38. The van der Waals surface area contributed by atoms with Crippen molar-refractivity contribution in [3.05, 3.63) is 52.8 Å². The van der Waals surface area contributed by atoms with Gasteiger partial charge in [0.15, 0.2) is 0 Å². The number of rotatable bonds is 2. The third-order valence-corrected chi connectivity index (χ3v) is 2.58. The molecule has 1 aromatic carbocycles. The minimum atomic E-state index is -0.204. The average Bonchev–Trinajstić information content (AvgIpc) is 2.29. The second-order valence-electron chi connectivity index (χ2n) is 3.46. The van der Waals surface area contributed by atoms with Crippen LogP contribution in [0, 0.1) is 0 Å². The van der Waals surface area contributed by atoms with Gasteiger partial charge in [-0.05, 0) is 30.3 Å². The molecule has 1 aromatic heterocycles. The standard InChI is InChI=1S/C12H10BrN3O/c13-9-5-8(6-10(14)7-9)12(17)16-11-1-3-15-4-2-11/h1-7H,14H2,(H,15,16,17). The highest BCUT2D eigenvalue weighted by atomic mass is 79.9. The van der Waals surface area contributed by atoms with Crippen molar-refractivity contribution in [2.24, 2.45) is 0 Å². The molecule has 0 saturated carbocycles. The van der Waals surface area contributed by atoms with Gasteiger partial charge in [-0.2, -0.15) is 0 Å². The monoisotopic (exact) mass is 291 g/mol. The molecule has 3 N–H and O–H groups in total. The Bertz CT molecular complexity index is 522. The first-order valence-corrected chi connectivity index (χ1v) is 5.72. The Labute approximate surface area is 107 Å². The zero-order valence-electron chi connectivity index (χ0n) is 8.85. The normalized spacial score (nSPS) is 9.94. The number of nitrogen functional groups attached to an aromatic ring is 1. The molecule has 0 aliphatic carbocycles. The first-order chi connectivity index (χ1) is 8.15. The largest absolute Gasteiger partial charge is 0.399 e. The van der Waals surface area contributed by atoms with Crippen LogP contribution < -0.4 is 11.1 Å². The Hall–Kier alpha value is -1.88. The Morgan fingerprint density at radius 2 is 1.94 bits per heavy atom. The van der Waals surface area contributed by atoms with Crippen LogP contribution in [0.3, 0.4) is 0 Å². The van der Waals surface area contributed by atoms with E-state index in [0.29, 0.717) is 16.9 Å². The second kappa shape index (κ2) is 4.97. The molecule has 0 fully saturated rings. The molecule has 0 spiro atoms. The molecular weight excluding hydrogens is 282 g/mol. The molecule has 0 aliphatic heterocycles. The molecule has 5 heteroatoms. The molecule has 86 valence electrons. The topological polar surface area (TPSA) is 68.0 Å². The van der Waals surface area contributed by atoms with Crippen LogP contribution >= 0.6 is 15.9 Å². The van der Waals surface area contributed by atoms with Gasteiger partial charge in [-0.15, -0.1) is 0 Å². The molecule has 0 aliphatic rings. The fraction of sp³-hybridized carbons (Fsp3) is 0. The van der Waals surface area contributed by atoms with Crippen molar-refractivity contribution < 1.29 is 4.79 Å². The fourth-order valence-corrected chi connectivity index (χ4v) is 1.89. The molecule has 2 aromatic rings. The number of aromatic nitrogens is 1. The Kier molecular flexibility index (Phi) is 3.39. The number of benzene rings is 1. The van der Waals surface area contributed by atoms with Gasteiger partial charge in [0.25, 0.3) is 5.91 Å². The van der Waals surface area contributed by atoms with Crippen molar-refractivity contribution in [3.63, 3.8) is 0 Å². The Morgan fingerprint density at radius 3 is 2.59 bits per heavy atom. The molecule has 0 saturated heterocycles. The smallest absolute Gasteiger partial charge is 0.255 e. The predicted octanol–water partition coefficient (Wildman–Crippen LogP) is 2.68. The van der Waals surface area contributed by atoms with E-state index >= 15 is 0 Å². The highest BCUT2D eigenvalue weighted by Crippen LogP contribution is 2.18. The third kappa shape index (κ3) is 3.04. The molecule has 17 heavy (non-hydrogen) atoms. The summed E-state index contributed by atoms with van der Waals surface area (Å²) in [6.07, 6.45) is 3.23. The summed E-state index contributed by atoms with van der Waals surface area (Å²) in [6.45, 7) is 0. The molecule has 0 atom stereocenters. The van der Waals surface area contributed by atoms with E-state index in [1.54, 1.807) is 42.7 Å². The molecule has 2 rings (SSSR count). The maximum absolute atomic E-state index is 11.9. The number of nitrogens with one attached hydrogen (secondary N) is 1. The minimum Gasteiger partial charge on any atom is -0.399 e. The first-order valence-electron chi connectivity index (χ1n) is 4.92. The lowest BCUT2D eigenvalue weighted by atomic mass is 10.2. The number of nitrogens with zero attached hydrogens (tertiary/aromatic N) is 1. The van der Waals surface area contributed by atoms with Gasteiger partial charge in [0.2, 0.25) is 0 Å². The summed E-state index contributed by atoms with van der Waals surface area (Å²) in [7, 11) is 0. The quantitative estimate of drug-likeness (QED) is 0.836. The number of anilines is 2. The van der Waals surface area contributed by atoms with Crippen molar-refractivity contribution in [1.82, 2.24) is 4.98 Å². The van der Waals surface area contributed by atoms with E-state index in [-0.39, 0.29) is 5.91 Å². The summed E-state index contributed by atoms with van der Waals surface area (Å²) in [5.74, 6) is -0.204. The third-order valence-electron chi connectivity index (χ3n) is 2.12. The summed E-state index contributed by atoms with van der Waals surface area (Å²) in [6, 6.07) is 8.52. The minimum absolute atomic E-state index is 0.204. The molecule has 0 bridgehead atoms. The summed E-state index contributed by atoms with van der Waals surface area (Å²) in [4.78, 5) is 15.8. The number of hydrogen-bond donors (Lipinski definition) is 2. The van der Waals surface area contributed by atoms with Crippen LogP contribution in [0.4, 0.5) is 11.4 Å². The van der Waals surface area contributed by atoms with E-state index in [0.717, 1.165) is 4.47 Å². The maximum Gasteiger partial charge on any atom is 0.255 e. The van der Waals surface area contributed by atoms with Crippen molar-refractivity contribution in [3.8, 4) is 0 Å². The van der Waals surface area contributed by atoms with Gasteiger partial charge in [0.05, 0.1) is 0 Å².